The number of rotatable bonds is 4. The monoisotopic (exact) mass is 188 g/mol. The SMILES string of the molecule is CCC.CCNCCC1(C)CNC1.[HH]. The summed E-state index contributed by atoms with van der Waals surface area (Å²) >= 11 is 0. The van der Waals surface area contributed by atoms with Gasteiger partial charge in [-0.15, -0.1) is 0 Å². The van der Waals surface area contributed by atoms with Gasteiger partial charge >= 0.3 is 0 Å². The van der Waals surface area contributed by atoms with E-state index in [1.807, 2.05) is 0 Å². The van der Waals surface area contributed by atoms with Crippen molar-refractivity contribution in [3.63, 3.8) is 0 Å². The van der Waals surface area contributed by atoms with E-state index in [-0.39, 0.29) is 1.43 Å². The summed E-state index contributed by atoms with van der Waals surface area (Å²) in [6.07, 6.45) is 2.56. The minimum Gasteiger partial charge on any atom is -0.317 e. The fourth-order valence-corrected chi connectivity index (χ4v) is 1.30. The van der Waals surface area contributed by atoms with Crippen LogP contribution in [0.4, 0.5) is 0 Å². The molecule has 0 atom stereocenters. The molecule has 0 aromatic carbocycles. The van der Waals surface area contributed by atoms with Crippen LogP contribution in [0.3, 0.4) is 0 Å². The fourth-order valence-electron chi connectivity index (χ4n) is 1.30. The molecule has 1 saturated heterocycles. The van der Waals surface area contributed by atoms with Gasteiger partial charge in [0.1, 0.15) is 0 Å². The Kier molecular flexibility index (Phi) is 7.29. The van der Waals surface area contributed by atoms with Gasteiger partial charge in [-0.05, 0) is 24.9 Å². The highest BCUT2D eigenvalue weighted by Gasteiger charge is 2.30. The molecular formula is C11H28N2. The van der Waals surface area contributed by atoms with Crippen LogP contribution in [0.2, 0.25) is 0 Å². The maximum absolute atomic E-state index is 3.34. The van der Waals surface area contributed by atoms with Crippen LogP contribution in [0, 0.1) is 5.41 Å². The Bertz CT molecular complexity index is 114. The topological polar surface area (TPSA) is 24.1 Å². The zero-order valence-corrected chi connectivity index (χ0v) is 9.74. The van der Waals surface area contributed by atoms with Gasteiger partial charge in [0.2, 0.25) is 0 Å². The van der Waals surface area contributed by atoms with Gasteiger partial charge in [0.15, 0.2) is 0 Å². The van der Waals surface area contributed by atoms with E-state index in [0.29, 0.717) is 5.41 Å². The van der Waals surface area contributed by atoms with Crippen LogP contribution in [0.15, 0.2) is 0 Å². The van der Waals surface area contributed by atoms with Gasteiger partial charge in [-0.2, -0.15) is 0 Å². The molecule has 1 heterocycles. The minimum absolute atomic E-state index is 0. The van der Waals surface area contributed by atoms with Gasteiger partial charge in [-0.3, -0.25) is 0 Å². The van der Waals surface area contributed by atoms with Crippen molar-refractivity contribution in [2.75, 3.05) is 26.2 Å². The maximum atomic E-state index is 3.34. The first-order valence-electron chi connectivity index (χ1n) is 5.60. The lowest BCUT2D eigenvalue weighted by molar-refractivity contribution is 0.179. The molecule has 2 N–H and O–H groups in total. The van der Waals surface area contributed by atoms with E-state index in [1.165, 1.54) is 32.5 Å². The lowest BCUT2D eigenvalue weighted by atomic mass is 9.81. The maximum Gasteiger partial charge on any atom is 0.00180 e. The van der Waals surface area contributed by atoms with E-state index in [9.17, 15) is 0 Å². The lowest BCUT2D eigenvalue weighted by Crippen LogP contribution is -2.52. The Morgan fingerprint density at radius 1 is 1.31 bits per heavy atom. The van der Waals surface area contributed by atoms with Gasteiger partial charge < -0.3 is 10.6 Å². The quantitative estimate of drug-likeness (QED) is 0.661. The molecule has 2 heteroatoms. The Hall–Kier alpha value is -0.0800. The van der Waals surface area contributed by atoms with Crippen molar-refractivity contribution in [2.45, 2.75) is 40.5 Å². The standard InChI is InChI=1S/C8H18N2.C3H8.H2/c1-3-9-5-4-8(2)6-10-7-8;1-3-2;/h9-10H,3-7H2,1-2H3;3H2,1-2H3;1H. The van der Waals surface area contributed by atoms with Gasteiger partial charge in [0.25, 0.3) is 0 Å². The Labute approximate surface area is 85.0 Å². The molecule has 0 radical (unpaired) electrons. The van der Waals surface area contributed by atoms with Crippen LogP contribution >= 0.6 is 0 Å². The first-order chi connectivity index (χ1) is 6.18. The van der Waals surface area contributed by atoms with Gasteiger partial charge in [-0.1, -0.05) is 34.1 Å². The smallest absolute Gasteiger partial charge is 0.00180 e. The van der Waals surface area contributed by atoms with E-state index in [1.54, 1.807) is 0 Å². The predicted octanol–water partition coefficient (Wildman–Crippen LogP) is 2.26. The first-order valence-corrected chi connectivity index (χ1v) is 5.60. The summed E-state index contributed by atoms with van der Waals surface area (Å²) in [4.78, 5) is 0. The van der Waals surface area contributed by atoms with Crippen molar-refractivity contribution in [3.05, 3.63) is 0 Å². The molecule has 0 saturated carbocycles. The van der Waals surface area contributed by atoms with Crippen molar-refractivity contribution < 1.29 is 1.43 Å². The van der Waals surface area contributed by atoms with Crippen LogP contribution in [0.1, 0.15) is 42.0 Å². The van der Waals surface area contributed by atoms with Crippen molar-refractivity contribution in [1.29, 1.82) is 0 Å². The molecule has 1 rings (SSSR count). The largest absolute Gasteiger partial charge is 0.317 e. The Morgan fingerprint density at radius 2 is 1.85 bits per heavy atom. The highest BCUT2D eigenvalue weighted by atomic mass is 15.0. The molecule has 0 aliphatic carbocycles. The van der Waals surface area contributed by atoms with Crippen molar-refractivity contribution in [1.82, 2.24) is 10.6 Å². The number of hydrogen-bond acceptors (Lipinski definition) is 2. The molecule has 1 fully saturated rings. The van der Waals surface area contributed by atoms with Crippen molar-refractivity contribution >= 4 is 0 Å². The molecule has 1 aliphatic heterocycles. The zero-order valence-electron chi connectivity index (χ0n) is 9.74. The molecule has 2 nitrogen and oxygen atoms in total. The van der Waals surface area contributed by atoms with Crippen molar-refractivity contribution in [2.24, 2.45) is 5.41 Å². The third-order valence-electron chi connectivity index (χ3n) is 2.26. The number of hydrogen-bond donors (Lipinski definition) is 2. The van der Waals surface area contributed by atoms with E-state index in [0.717, 1.165) is 6.54 Å². The van der Waals surface area contributed by atoms with E-state index in [4.69, 9.17) is 0 Å². The lowest BCUT2D eigenvalue weighted by Gasteiger charge is -2.39. The highest BCUT2D eigenvalue weighted by molar-refractivity contribution is 4.88. The summed E-state index contributed by atoms with van der Waals surface area (Å²) in [5.74, 6) is 0. The van der Waals surface area contributed by atoms with Gasteiger partial charge in [0, 0.05) is 14.5 Å². The predicted molar refractivity (Wildman–Crippen MR) is 62.2 cm³/mol. The van der Waals surface area contributed by atoms with Crippen LogP contribution < -0.4 is 10.6 Å². The molecular weight excluding hydrogens is 160 g/mol. The number of nitrogens with one attached hydrogen (secondary N) is 2. The molecule has 0 aromatic rings. The second-order valence-corrected chi connectivity index (χ2v) is 4.22. The van der Waals surface area contributed by atoms with Gasteiger partial charge in [0.05, 0.1) is 0 Å². The average Bonchev–Trinajstić information content (AvgIpc) is 2.03. The normalized spacial score (nSPS) is 18.5. The molecule has 13 heavy (non-hydrogen) atoms. The first kappa shape index (κ1) is 12.9. The van der Waals surface area contributed by atoms with Gasteiger partial charge in [-0.25, -0.2) is 0 Å². The third-order valence-corrected chi connectivity index (χ3v) is 2.26. The average molecular weight is 188 g/mol. The summed E-state index contributed by atoms with van der Waals surface area (Å²) < 4.78 is 0. The molecule has 0 amide bonds. The second kappa shape index (κ2) is 7.34. The highest BCUT2D eigenvalue weighted by Crippen LogP contribution is 2.24. The second-order valence-electron chi connectivity index (χ2n) is 4.22. The molecule has 0 spiro atoms. The zero-order chi connectivity index (χ0) is 10.2. The van der Waals surface area contributed by atoms with E-state index in [2.05, 4.69) is 38.3 Å². The summed E-state index contributed by atoms with van der Waals surface area (Å²) in [6, 6.07) is 0. The van der Waals surface area contributed by atoms with Crippen LogP contribution in [-0.2, 0) is 0 Å². The van der Waals surface area contributed by atoms with Crippen LogP contribution in [0.5, 0.6) is 0 Å². The third kappa shape index (κ3) is 6.05. The molecule has 1 aliphatic rings. The summed E-state index contributed by atoms with van der Waals surface area (Å²) in [7, 11) is 0. The fraction of sp³-hybridized carbons (Fsp3) is 1.00. The van der Waals surface area contributed by atoms with Crippen LogP contribution in [-0.4, -0.2) is 26.2 Å². The van der Waals surface area contributed by atoms with Crippen molar-refractivity contribution in [3.8, 4) is 0 Å². The Balaban J connectivity index is 0. The molecule has 82 valence electrons. The Morgan fingerprint density at radius 3 is 2.15 bits per heavy atom. The summed E-state index contributed by atoms with van der Waals surface area (Å²) in [6.45, 7) is 13.4. The molecule has 0 bridgehead atoms. The summed E-state index contributed by atoms with van der Waals surface area (Å²) in [5, 5.41) is 6.65. The molecule has 0 unspecified atom stereocenters. The van der Waals surface area contributed by atoms with Crippen LogP contribution in [0.25, 0.3) is 0 Å². The van der Waals surface area contributed by atoms with E-state index >= 15 is 0 Å². The summed E-state index contributed by atoms with van der Waals surface area (Å²) in [5.41, 5.74) is 0.599. The van der Waals surface area contributed by atoms with E-state index < -0.39 is 0 Å². The molecule has 0 aromatic heterocycles. The minimum atomic E-state index is 0.